The number of carbonyl (C=O) groups is 1. The molecule has 0 atom stereocenters. The van der Waals surface area contributed by atoms with E-state index in [9.17, 15) is 4.79 Å². The normalized spacial score (nSPS) is 11.1. The van der Waals surface area contributed by atoms with Gasteiger partial charge in [-0.25, -0.2) is 9.97 Å². The van der Waals surface area contributed by atoms with E-state index in [1.54, 1.807) is 31.7 Å². The lowest BCUT2D eigenvalue weighted by atomic mass is 10.2. The first-order valence-corrected chi connectivity index (χ1v) is 7.85. The first-order chi connectivity index (χ1) is 11.3. The van der Waals surface area contributed by atoms with Gasteiger partial charge in [-0.05, 0) is 30.6 Å². The molecule has 0 aliphatic carbocycles. The molecule has 0 fully saturated rings. The Morgan fingerprint density at radius 3 is 2.65 bits per heavy atom. The second-order valence-corrected chi connectivity index (χ2v) is 5.47. The average molecular weight is 330 g/mol. The van der Waals surface area contributed by atoms with Gasteiger partial charge in [-0.15, -0.1) is 0 Å². The van der Waals surface area contributed by atoms with Crippen molar-refractivity contribution in [2.24, 2.45) is 0 Å². The molecule has 0 saturated heterocycles. The van der Waals surface area contributed by atoms with Gasteiger partial charge in [-0.3, -0.25) is 9.52 Å². The molecule has 6 nitrogen and oxygen atoms in total. The van der Waals surface area contributed by atoms with Crippen LogP contribution in [0.4, 0.5) is 0 Å². The Bertz CT molecular complexity index is 635. The number of benzene rings is 1. The van der Waals surface area contributed by atoms with Crippen LogP contribution in [0.3, 0.4) is 0 Å². The fourth-order valence-electron chi connectivity index (χ4n) is 1.69. The van der Waals surface area contributed by atoms with Gasteiger partial charge in [0.25, 0.3) is 0 Å². The Kier molecular flexibility index (Phi) is 7.09. The molecule has 1 heterocycles. The lowest BCUT2D eigenvalue weighted by molar-refractivity contribution is -0.143. The molecule has 120 valence electrons. The van der Waals surface area contributed by atoms with Crippen molar-refractivity contribution in [3.63, 3.8) is 0 Å². The van der Waals surface area contributed by atoms with Crippen molar-refractivity contribution in [3.05, 3.63) is 66.4 Å². The van der Waals surface area contributed by atoms with E-state index < -0.39 is 0 Å². The molecule has 7 heteroatoms. The molecule has 0 unspecified atom stereocenters. The fraction of sp³-hybridized carbons (Fsp3) is 0.188. The second-order valence-electron chi connectivity index (χ2n) is 4.41. The summed E-state index contributed by atoms with van der Waals surface area (Å²) in [5.41, 5.74) is 0.959. The monoisotopic (exact) mass is 330 g/mol. The van der Waals surface area contributed by atoms with Gasteiger partial charge in [-0.2, -0.15) is 0 Å². The number of hydrogen-bond acceptors (Lipinski definition) is 7. The van der Waals surface area contributed by atoms with Crippen LogP contribution in [-0.2, 0) is 16.1 Å². The third-order valence-electron chi connectivity index (χ3n) is 2.72. The van der Waals surface area contributed by atoms with Gasteiger partial charge in [0.15, 0.2) is 5.82 Å². The SMILES string of the molecule is CNS/C(=C\NCC(=O)OCc1ccccc1)c1ncccn1. The van der Waals surface area contributed by atoms with E-state index in [1.807, 2.05) is 30.3 Å². The predicted octanol–water partition coefficient (Wildman–Crippen LogP) is 1.98. The number of carbonyl (C=O) groups excluding carboxylic acids is 1. The lowest BCUT2D eigenvalue weighted by Crippen LogP contribution is -2.20. The Morgan fingerprint density at radius 2 is 1.96 bits per heavy atom. The van der Waals surface area contributed by atoms with E-state index in [2.05, 4.69) is 20.0 Å². The molecule has 2 aromatic rings. The number of hydrogen-bond donors (Lipinski definition) is 2. The Morgan fingerprint density at radius 1 is 1.22 bits per heavy atom. The third-order valence-corrected chi connectivity index (χ3v) is 3.44. The largest absolute Gasteiger partial charge is 0.460 e. The average Bonchev–Trinajstić information content (AvgIpc) is 2.61. The van der Waals surface area contributed by atoms with Crippen LogP contribution in [0.25, 0.3) is 4.91 Å². The molecule has 0 bridgehead atoms. The van der Waals surface area contributed by atoms with E-state index >= 15 is 0 Å². The van der Waals surface area contributed by atoms with Crippen molar-refractivity contribution in [2.45, 2.75) is 6.61 Å². The Balaban J connectivity index is 1.82. The maximum Gasteiger partial charge on any atom is 0.325 e. The van der Waals surface area contributed by atoms with Crippen LogP contribution in [0.1, 0.15) is 11.4 Å². The standard InChI is InChI=1S/C16H18N4O2S/c1-17-23-14(16-19-8-5-9-20-16)10-18-11-15(21)22-12-13-6-3-2-4-7-13/h2-10,17-18H,11-12H2,1H3/b14-10-. The summed E-state index contributed by atoms with van der Waals surface area (Å²) in [5, 5.41) is 2.93. The minimum absolute atomic E-state index is 0.0768. The molecule has 1 aromatic carbocycles. The van der Waals surface area contributed by atoms with Crippen molar-refractivity contribution < 1.29 is 9.53 Å². The van der Waals surface area contributed by atoms with E-state index in [-0.39, 0.29) is 19.1 Å². The molecule has 0 aliphatic rings. The van der Waals surface area contributed by atoms with E-state index in [1.165, 1.54) is 11.9 Å². The number of esters is 1. The zero-order chi connectivity index (χ0) is 16.3. The number of aromatic nitrogens is 2. The third kappa shape index (κ3) is 6.09. The Hall–Kier alpha value is -2.38. The quantitative estimate of drug-likeness (QED) is 0.566. The summed E-state index contributed by atoms with van der Waals surface area (Å²) in [6.07, 6.45) is 5.03. The van der Waals surface area contributed by atoms with Crippen LogP contribution in [0, 0.1) is 0 Å². The molecule has 2 rings (SSSR count). The van der Waals surface area contributed by atoms with Crippen molar-refractivity contribution in [1.82, 2.24) is 20.0 Å². The van der Waals surface area contributed by atoms with Gasteiger partial charge in [0, 0.05) is 18.6 Å². The number of ether oxygens (including phenoxy) is 1. The van der Waals surface area contributed by atoms with E-state index in [0.717, 1.165) is 10.5 Å². The molecule has 0 spiro atoms. The van der Waals surface area contributed by atoms with Crippen LogP contribution < -0.4 is 10.0 Å². The summed E-state index contributed by atoms with van der Waals surface area (Å²) < 4.78 is 8.15. The van der Waals surface area contributed by atoms with Gasteiger partial charge < -0.3 is 10.1 Å². The van der Waals surface area contributed by atoms with Crippen molar-refractivity contribution >= 4 is 22.8 Å². The molecule has 2 N–H and O–H groups in total. The number of rotatable bonds is 8. The molecular weight excluding hydrogens is 312 g/mol. The van der Waals surface area contributed by atoms with Crippen molar-refractivity contribution in [2.75, 3.05) is 13.6 Å². The van der Waals surface area contributed by atoms with Crippen molar-refractivity contribution in [1.29, 1.82) is 0 Å². The van der Waals surface area contributed by atoms with E-state index in [0.29, 0.717) is 5.82 Å². The van der Waals surface area contributed by atoms with Crippen molar-refractivity contribution in [3.8, 4) is 0 Å². The summed E-state index contributed by atoms with van der Waals surface area (Å²) in [5.74, 6) is 0.255. The smallest absolute Gasteiger partial charge is 0.325 e. The molecular formula is C16H18N4O2S. The molecule has 0 saturated carbocycles. The predicted molar refractivity (Wildman–Crippen MR) is 90.9 cm³/mol. The highest BCUT2D eigenvalue weighted by atomic mass is 32.2. The number of nitrogens with zero attached hydrogens (tertiary/aromatic N) is 2. The first-order valence-electron chi connectivity index (χ1n) is 7.03. The molecule has 23 heavy (non-hydrogen) atoms. The minimum atomic E-state index is -0.326. The zero-order valence-corrected chi connectivity index (χ0v) is 13.5. The molecule has 0 radical (unpaired) electrons. The second kappa shape index (κ2) is 9.60. The minimum Gasteiger partial charge on any atom is -0.460 e. The fourth-order valence-corrected chi connectivity index (χ4v) is 2.25. The first kappa shape index (κ1) is 17.0. The molecule has 1 aromatic heterocycles. The summed E-state index contributed by atoms with van der Waals surface area (Å²) >= 11 is 1.36. The maximum absolute atomic E-state index is 11.7. The van der Waals surface area contributed by atoms with Gasteiger partial charge in [0.1, 0.15) is 13.2 Å². The highest BCUT2D eigenvalue weighted by molar-refractivity contribution is 8.06. The number of nitrogens with one attached hydrogen (secondary N) is 2. The summed E-state index contributed by atoms with van der Waals surface area (Å²) in [4.78, 5) is 20.9. The highest BCUT2D eigenvalue weighted by Crippen LogP contribution is 2.19. The zero-order valence-electron chi connectivity index (χ0n) is 12.7. The van der Waals surface area contributed by atoms with Crippen LogP contribution in [-0.4, -0.2) is 29.5 Å². The van der Waals surface area contributed by atoms with Gasteiger partial charge in [0.2, 0.25) is 0 Å². The van der Waals surface area contributed by atoms with Crippen LogP contribution in [0.15, 0.2) is 55.0 Å². The van der Waals surface area contributed by atoms with Gasteiger partial charge >= 0.3 is 5.97 Å². The van der Waals surface area contributed by atoms with Gasteiger partial charge in [0.05, 0.1) is 4.91 Å². The maximum atomic E-state index is 11.7. The summed E-state index contributed by atoms with van der Waals surface area (Å²) in [6.45, 7) is 0.346. The molecule has 0 amide bonds. The lowest BCUT2D eigenvalue weighted by Gasteiger charge is -2.07. The summed E-state index contributed by atoms with van der Waals surface area (Å²) in [7, 11) is 1.80. The highest BCUT2D eigenvalue weighted by Gasteiger charge is 2.06. The topological polar surface area (TPSA) is 76.1 Å². The van der Waals surface area contributed by atoms with Crippen LogP contribution in [0.2, 0.25) is 0 Å². The van der Waals surface area contributed by atoms with E-state index in [4.69, 9.17) is 4.74 Å². The van der Waals surface area contributed by atoms with Crippen LogP contribution >= 0.6 is 11.9 Å². The summed E-state index contributed by atoms with van der Waals surface area (Å²) in [6, 6.07) is 11.3. The molecule has 0 aliphatic heterocycles. The van der Waals surface area contributed by atoms with Gasteiger partial charge in [-0.1, -0.05) is 30.3 Å². The Labute approximate surface area is 139 Å². The van der Waals surface area contributed by atoms with Crippen LogP contribution in [0.5, 0.6) is 0 Å².